The summed E-state index contributed by atoms with van der Waals surface area (Å²) in [4.78, 5) is 25.4. The predicted molar refractivity (Wildman–Crippen MR) is 83.6 cm³/mol. The van der Waals surface area contributed by atoms with Crippen molar-refractivity contribution in [3.63, 3.8) is 0 Å². The first-order chi connectivity index (χ1) is 10.5. The molecule has 0 aromatic heterocycles. The lowest BCUT2D eigenvalue weighted by Crippen LogP contribution is -2.38. The van der Waals surface area contributed by atoms with Crippen LogP contribution in [0.25, 0.3) is 0 Å². The smallest absolute Gasteiger partial charge is 0.256 e. The molecule has 2 aromatic carbocycles. The highest BCUT2D eigenvalue weighted by atomic mass is 35.5. The standard InChI is InChI=1S/C16H14ClFN2O2/c1-20(11-6-3-2-4-7-11)14(21)10-19-16(22)15-12(17)8-5-9-13(15)18/h2-9H,10H2,1H3,(H,19,22). The van der Waals surface area contributed by atoms with Gasteiger partial charge in [0.1, 0.15) is 5.82 Å². The van der Waals surface area contributed by atoms with Crippen LogP contribution < -0.4 is 10.2 Å². The molecular weight excluding hydrogens is 307 g/mol. The number of hydrogen-bond acceptors (Lipinski definition) is 2. The van der Waals surface area contributed by atoms with E-state index in [0.717, 1.165) is 6.07 Å². The molecule has 0 saturated carbocycles. The molecule has 4 nitrogen and oxygen atoms in total. The number of anilines is 1. The van der Waals surface area contributed by atoms with Crippen molar-refractivity contribution in [2.75, 3.05) is 18.5 Å². The van der Waals surface area contributed by atoms with E-state index in [-0.39, 0.29) is 23.0 Å². The first-order valence-electron chi connectivity index (χ1n) is 6.54. The summed E-state index contributed by atoms with van der Waals surface area (Å²) in [5, 5.41) is 2.38. The van der Waals surface area contributed by atoms with E-state index in [2.05, 4.69) is 5.32 Å². The highest BCUT2D eigenvalue weighted by molar-refractivity contribution is 6.33. The monoisotopic (exact) mass is 320 g/mol. The summed E-state index contributed by atoms with van der Waals surface area (Å²) < 4.78 is 13.6. The topological polar surface area (TPSA) is 49.4 Å². The number of nitrogens with one attached hydrogen (secondary N) is 1. The lowest BCUT2D eigenvalue weighted by Gasteiger charge is -2.17. The average Bonchev–Trinajstić information content (AvgIpc) is 2.52. The third-order valence-corrected chi connectivity index (χ3v) is 3.42. The van der Waals surface area contributed by atoms with E-state index in [1.807, 2.05) is 6.07 Å². The van der Waals surface area contributed by atoms with Crippen molar-refractivity contribution < 1.29 is 14.0 Å². The fourth-order valence-corrected chi connectivity index (χ4v) is 2.12. The van der Waals surface area contributed by atoms with Gasteiger partial charge >= 0.3 is 0 Å². The molecule has 0 saturated heterocycles. The second-order valence-electron chi connectivity index (χ2n) is 4.57. The van der Waals surface area contributed by atoms with Crippen molar-refractivity contribution in [2.24, 2.45) is 0 Å². The van der Waals surface area contributed by atoms with Gasteiger partial charge in [-0.15, -0.1) is 0 Å². The third-order valence-electron chi connectivity index (χ3n) is 3.11. The van der Waals surface area contributed by atoms with Gasteiger partial charge in [0.05, 0.1) is 17.1 Å². The van der Waals surface area contributed by atoms with E-state index >= 15 is 0 Å². The van der Waals surface area contributed by atoms with Crippen LogP contribution in [0, 0.1) is 5.82 Å². The molecule has 2 rings (SSSR count). The van der Waals surface area contributed by atoms with Gasteiger partial charge in [0.15, 0.2) is 0 Å². The summed E-state index contributed by atoms with van der Waals surface area (Å²) in [5.41, 5.74) is 0.435. The van der Waals surface area contributed by atoms with Gasteiger partial charge in [0.2, 0.25) is 5.91 Å². The molecule has 0 spiro atoms. The van der Waals surface area contributed by atoms with Gasteiger partial charge < -0.3 is 10.2 Å². The zero-order valence-corrected chi connectivity index (χ0v) is 12.6. The second-order valence-corrected chi connectivity index (χ2v) is 4.97. The fourth-order valence-electron chi connectivity index (χ4n) is 1.87. The third kappa shape index (κ3) is 3.62. The minimum absolute atomic E-state index is 0.00126. The molecule has 0 bridgehead atoms. The van der Waals surface area contributed by atoms with Crippen molar-refractivity contribution in [1.29, 1.82) is 0 Å². The lowest BCUT2D eigenvalue weighted by atomic mass is 10.2. The number of para-hydroxylation sites is 1. The molecule has 1 N–H and O–H groups in total. The molecule has 0 unspecified atom stereocenters. The molecule has 0 atom stereocenters. The van der Waals surface area contributed by atoms with Crippen molar-refractivity contribution in [3.8, 4) is 0 Å². The molecule has 6 heteroatoms. The molecule has 2 aromatic rings. The van der Waals surface area contributed by atoms with Crippen LogP contribution in [-0.4, -0.2) is 25.4 Å². The van der Waals surface area contributed by atoms with Gasteiger partial charge in [0, 0.05) is 12.7 Å². The Bertz CT molecular complexity index is 672. The number of nitrogens with zero attached hydrogens (tertiary/aromatic N) is 1. The predicted octanol–water partition coefficient (Wildman–Crippen LogP) is 2.87. The fraction of sp³-hybridized carbons (Fsp3) is 0.125. The normalized spacial score (nSPS) is 10.1. The zero-order valence-electron chi connectivity index (χ0n) is 11.8. The van der Waals surface area contributed by atoms with Crippen molar-refractivity contribution in [2.45, 2.75) is 0 Å². The SMILES string of the molecule is CN(C(=O)CNC(=O)c1c(F)cccc1Cl)c1ccccc1. The van der Waals surface area contributed by atoms with E-state index in [4.69, 9.17) is 11.6 Å². The summed E-state index contributed by atoms with van der Waals surface area (Å²) in [6, 6.07) is 12.9. The molecule has 22 heavy (non-hydrogen) atoms. The Morgan fingerprint density at radius 1 is 1.14 bits per heavy atom. The molecule has 114 valence electrons. The maximum absolute atomic E-state index is 13.6. The first kappa shape index (κ1) is 16.0. The van der Waals surface area contributed by atoms with Gasteiger partial charge in [-0.05, 0) is 24.3 Å². The minimum Gasteiger partial charge on any atom is -0.343 e. The van der Waals surface area contributed by atoms with Crippen LogP contribution in [0.4, 0.5) is 10.1 Å². The van der Waals surface area contributed by atoms with E-state index in [0.29, 0.717) is 5.69 Å². The van der Waals surface area contributed by atoms with Crippen molar-refractivity contribution >= 4 is 29.1 Å². The number of halogens is 2. The first-order valence-corrected chi connectivity index (χ1v) is 6.92. The van der Waals surface area contributed by atoms with Crippen LogP contribution in [0.5, 0.6) is 0 Å². The van der Waals surface area contributed by atoms with E-state index in [1.165, 1.54) is 17.0 Å². The van der Waals surface area contributed by atoms with Gasteiger partial charge in [-0.3, -0.25) is 9.59 Å². The molecule has 0 radical (unpaired) electrons. The van der Waals surface area contributed by atoms with Crippen LogP contribution in [0.3, 0.4) is 0 Å². The number of likely N-dealkylation sites (N-methyl/N-ethyl adjacent to an activating group) is 1. The Balaban J connectivity index is 2.01. The summed E-state index contributed by atoms with van der Waals surface area (Å²) in [7, 11) is 1.60. The second kappa shape index (κ2) is 7.04. The maximum Gasteiger partial charge on any atom is 0.256 e. The zero-order chi connectivity index (χ0) is 16.1. The van der Waals surface area contributed by atoms with Crippen molar-refractivity contribution in [3.05, 3.63) is 64.9 Å². The number of carbonyl (C=O) groups is 2. The molecule has 2 amide bonds. The highest BCUT2D eigenvalue weighted by Gasteiger charge is 2.17. The molecule has 0 aliphatic heterocycles. The van der Waals surface area contributed by atoms with Crippen LogP contribution >= 0.6 is 11.6 Å². The largest absolute Gasteiger partial charge is 0.343 e. The molecule has 0 fully saturated rings. The Morgan fingerprint density at radius 3 is 2.45 bits per heavy atom. The number of hydrogen-bond donors (Lipinski definition) is 1. The molecule has 0 aliphatic rings. The highest BCUT2D eigenvalue weighted by Crippen LogP contribution is 2.18. The number of benzene rings is 2. The van der Waals surface area contributed by atoms with E-state index in [9.17, 15) is 14.0 Å². The van der Waals surface area contributed by atoms with Crippen LogP contribution in [-0.2, 0) is 4.79 Å². The Labute approximate surface area is 132 Å². The van der Waals surface area contributed by atoms with Crippen LogP contribution in [0.1, 0.15) is 10.4 Å². The number of amides is 2. The molecular formula is C16H14ClFN2O2. The van der Waals surface area contributed by atoms with Crippen LogP contribution in [0.2, 0.25) is 5.02 Å². The summed E-state index contributed by atoms with van der Waals surface area (Å²) in [6.45, 7) is -0.255. The molecule has 0 heterocycles. The Kier molecular flexibility index (Phi) is 5.12. The van der Waals surface area contributed by atoms with Gasteiger partial charge in [-0.2, -0.15) is 0 Å². The summed E-state index contributed by atoms with van der Waals surface area (Å²) in [5.74, 6) is -1.78. The Hall–Kier alpha value is -2.40. The van der Waals surface area contributed by atoms with Gasteiger partial charge in [0.25, 0.3) is 5.91 Å². The number of rotatable bonds is 4. The quantitative estimate of drug-likeness (QED) is 0.941. The van der Waals surface area contributed by atoms with E-state index < -0.39 is 11.7 Å². The van der Waals surface area contributed by atoms with Crippen molar-refractivity contribution in [1.82, 2.24) is 5.32 Å². The van der Waals surface area contributed by atoms with Crippen LogP contribution in [0.15, 0.2) is 48.5 Å². The van der Waals surface area contributed by atoms with Gasteiger partial charge in [-0.25, -0.2) is 4.39 Å². The molecule has 0 aliphatic carbocycles. The van der Waals surface area contributed by atoms with Gasteiger partial charge in [-0.1, -0.05) is 35.9 Å². The summed E-state index contributed by atoms with van der Waals surface area (Å²) in [6.07, 6.45) is 0. The maximum atomic E-state index is 13.6. The Morgan fingerprint density at radius 2 is 1.82 bits per heavy atom. The van der Waals surface area contributed by atoms with E-state index in [1.54, 1.807) is 31.3 Å². The summed E-state index contributed by atoms with van der Waals surface area (Å²) >= 11 is 5.80. The number of carbonyl (C=O) groups excluding carboxylic acids is 2. The minimum atomic E-state index is -0.728. The lowest BCUT2D eigenvalue weighted by molar-refractivity contribution is -0.117. The average molecular weight is 321 g/mol.